The molecule has 0 saturated carbocycles. The molecule has 88 valence electrons. The van der Waals surface area contributed by atoms with Crippen molar-refractivity contribution in [3.8, 4) is 0 Å². The van der Waals surface area contributed by atoms with Gasteiger partial charge in [-0.3, -0.25) is 9.69 Å². The van der Waals surface area contributed by atoms with Crippen LogP contribution in [0, 0.1) is 0 Å². The second kappa shape index (κ2) is 5.29. The third-order valence-corrected chi connectivity index (χ3v) is 4.59. The Morgan fingerprint density at radius 1 is 1.44 bits per heavy atom. The maximum absolute atomic E-state index is 11.4. The number of likely N-dealkylation sites (tertiary alicyclic amines) is 1. The number of hydrogen-bond donors (Lipinski definition) is 1. The number of thiophene rings is 1. The average Bonchev–Trinajstić information content (AvgIpc) is 2.66. The predicted molar refractivity (Wildman–Crippen MR) is 67.8 cm³/mol. The predicted octanol–water partition coefficient (Wildman–Crippen LogP) is 3.12. The van der Waals surface area contributed by atoms with Crippen molar-refractivity contribution >= 4 is 33.2 Å². The van der Waals surface area contributed by atoms with Gasteiger partial charge in [-0.05, 0) is 47.9 Å². The van der Waals surface area contributed by atoms with Crippen LogP contribution in [0.15, 0.2) is 15.9 Å². The summed E-state index contributed by atoms with van der Waals surface area (Å²) in [7, 11) is 0. The topological polar surface area (TPSA) is 40.5 Å². The van der Waals surface area contributed by atoms with Crippen LogP contribution in [0.3, 0.4) is 0 Å². The molecule has 1 aromatic rings. The Morgan fingerprint density at radius 2 is 2.12 bits per heavy atom. The summed E-state index contributed by atoms with van der Waals surface area (Å²) in [6.07, 6.45) is 3.43. The molecule has 3 nitrogen and oxygen atoms in total. The van der Waals surface area contributed by atoms with Gasteiger partial charge in [-0.15, -0.1) is 11.3 Å². The van der Waals surface area contributed by atoms with E-state index in [-0.39, 0.29) is 0 Å². The number of carboxylic acid groups (broad SMARTS) is 1. The largest absolute Gasteiger partial charge is 0.480 e. The van der Waals surface area contributed by atoms with Crippen LogP contribution in [0.25, 0.3) is 0 Å². The lowest BCUT2D eigenvalue weighted by Crippen LogP contribution is -2.37. The van der Waals surface area contributed by atoms with Crippen molar-refractivity contribution in [1.29, 1.82) is 0 Å². The molecule has 0 aliphatic carbocycles. The molecule has 0 aromatic carbocycles. The zero-order chi connectivity index (χ0) is 11.5. The van der Waals surface area contributed by atoms with E-state index in [1.54, 1.807) is 0 Å². The van der Waals surface area contributed by atoms with Crippen molar-refractivity contribution in [3.05, 3.63) is 20.8 Å². The third kappa shape index (κ3) is 2.64. The first kappa shape index (κ1) is 12.1. The molecule has 1 fully saturated rings. The number of halogens is 1. The Labute approximate surface area is 107 Å². The second-order valence-corrected chi connectivity index (χ2v) is 5.86. The van der Waals surface area contributed by atoms with E-state index >= 15 is 0 Å². The Hall–Kier alpha value is -0.390. The quantitative estimate of drug-likeness (QED) is 0.932. The van der Waals surface area contributed by atoms with Crippen molar-refractivity contribution in [1.82, 2.24) is 4.90 Å². The molecule has 0 bridgehead atoms. The first-order valence-electron chi connectivity index (χ1n) is 5.39. The number of nitrogens with zero attached hydrogens (tertiary/aromatic N) is 1. The molecule has 2 heterocycles. The summed E-state index contributed by atoms with van der Waals surface area (Å²) in [6, 6.07) is 1.45. The van der Waals surface area contributed by atoms with Gasteiger partial charge in [-0.1, -0.05) is 6.42 Å². The number of carbonyl (C=O) groups is 1. The molecule has 1 atom stereocenters. The van der Waals surface area contributed by atoms with Gasteiger partial charge in [0.15, 0.2) is 0 Å². The Bertz CT molecular complexity index is 374. The molecule has 0 radical (unpaired) electrons. The SMILES string of the molecule is O=C(O)C(c1cc(Br)cs1)N1CCCCC1. The van der Waals surface area contributed by atoms with E-state index in [1.165, 1.54) is 17.8 Å². The van der Waals surface area contributed by atoms with E-state index in [4.69, 9.17) is 0 Å². The van der Waals surface area contributed by atoms with Crippen LogP contribution in [0.4, 0.5) is 0 Å². The lowest BCUT2D eigenvalue weighted by molar-refractivity contribution is -0.143. The van der Waals surface area contributed by atoms with Gasteiger partial charge in [-0.2, -0.15) is 0 Å². The molecule has 1 aliphatic rings. The van der Waals surface area contributed by atoms with E-state index in [2.05, 4.69) is 20.8 Å². The van der Waals surface area contributed by atoms with Crippen molar-refractivity contribution in [2.24, 2.45) is 0 Å². The van der Waals surface area contributed by atoms with E-state index in [1.807, 2.05) is 11.4 Å². The average molecular weight is 304 g/mol. The van der Waals surface area contributed by atoms with Crippen molar-refractivity contribution in [2.45, 2.75) is 25.3 Å². The molecule has 0 spiro atoms. The maximum atomic E-state index is 11.4. The second-order valence-electron chi connectivity index (χ2n) is 4.00. The monoisotopic (exact) mass is 303 g/mol. The number of piperidine rings is 1. The van der Waals surface area contributed by atoms with Gasteiger partial charge in [0, 0.05) is 14.7 Å². The summed E-state index contributed by atoms with van der Waals surface area (Å²) in [4.78, 5) is 14.3. The minimum Gasteiger partial charge on any atom is -0.480 e. The fraction of sp³-hybridized carbons (Fsp3) is 0.545. The van der Waals surface area contributed by atoms with E-state index in [9.17, 15) is 9.90 Å². The van der Waals surface area contributed by atoms with Crippen molar-refractivity contribution in [3.63, 3.8) is 0 Å². The third-order valence-electron chi connectivity index (χ3n) is 2.85. The molecule has 0 amide bonds. The van der Waals surface area contributed by atoms with Gasteiger partial charge in [0.1, 0.15) is 6.04 Å². The molecule has 16 heavy (non-hydrogen) atoms. The zero-order valence-electron chi connectivity index (χ0n) is 8.86. The summed E-state index contributed by atoms with van der Waals surface area (Å²) < 4.78 is 0.968. The highest BCUT2D eigenvalue weighted by atomic mass is 79.9. The molecule has 1 saturated heterocycles. The highest BCUT2D eigenvalue weighted by Gasteiger charge is 2.29. The molecule has 1 aromatic heterocycles. The molecule has 1 N–H and O–H groups in total. The van der Waals surface area contributed by atoms with Crippen LogP contribution in [0.1, 0.15) is 30.2 Å². The molecule has 2 rings (SSSR count). The fourth-order valence-corrected chi connectivity index (χ4v) is 3.68. The minimum absolute atomic E-state index is 0.461. The van der Waals surface area contributed by atoms with Gasteiger partial charge >= 0.3 is 5.97 Å². The first-order valence-corrected chi connectivity index (χ1v) is 7.06. The first-order chi connectivity index (χ1) is 7.68. The van der Waals surface area contributed by atoms with Gasteiger partial charge in [-0.25, -0.2) is 0 Å². The van der Waals surface area contributed by atoms with Crippen LogP contribution < -0.4 is 0 Å². The van der Waals surface area contributed by atoms with Crippen LogP contribution in [-0.4, -0.2) is 29.1 Å². The molecule has 1 aliphatic heterocycles. The van der Waals surface area contributed by atoms with Crippen molar-refractivity contribution in [2.75, 3.05) is 13.1 Å². The maximum Gasteiger partial charge on any atom is 0.326 e. The lowest BCUT2D eigenvalue weighted by Gasteiger charge is -2.31. The fourth-order valence-electron chi connectivity index (χ4n) is 2.11. The van der Waals surface area contributed by atoms with E-state index in [0.717, 1.165) is 35.3 Å². The van der Waals surface area contributed by atoms with E-state index < -0.39 is 12.0 Å². The number of aliphatic carboxylic acids is 1. The molecular formula is C11H14BrNO2S. The van der Waals surface area contributed by atoms with Crippen LogP contribution >= 0.6 is 27.3 Å². The Kier molecular flexibility index (Phi) is 4.00. The van der Waals surface area contributed by atoms with Crippen LogP contribution in [0.2, 0.25) is 0 Å². The van der Waals surface area contributed by atoms with Gasteiger partial charge < -0.3 is 5.11 Å². The summed E-state index contributed by atoms with van der Waals surface area (Å²) in [5.74, 6) is -0.740. The number of carboxylic acids is 1. The number of hydrogen-bond acceptors (Lipinski definition) is 3. The smallest absolute Gasteiger partial charge is 0.326 e. The highest BCUT2D eigenvalue weighted by molar-refractivity contribution is 9.10. The van der Waals surface area contributed by atoms with Crippen LogP contribution in [-0.2, 0) is 4.79 Å². The van der Waals surface area contributed by atoms with Gasteiger partial charge in [0.05, 0.1) is 0 Å². The van der Waals surface area contributed by atoms with Gasteiger partial charge in [0.25, 0.3) is 0 Å². The zero-order valence-corrected chi connectivity index (χ0v) is 11.3. The Morgan fingerprint density at radius 3 is 2.62 bits per heavy atom. The number of rotatable bonds is 3. The van der Waals surface area contributed by atoms with Crippen molar-refractivity contribution < 1.29 is 9.90 Å². The molecule has 5 heteroatoms. The van der Waals surface area contributed by atoms with Crippen LogP contribution in [0.5, 0.6) is 0 Å². The lowest BCUT2D eigenvalue weighted by atomic mass is 10.1. The minimum atomic E-state index is -0.740. The normalized spacial score (nSPS) is 19.6. The summed E-state index contributed by atoms with van der Waals surface area (Å²) in [5, 5.41) is 11.3. The Balaban J connectivity index is 2.19. The molecule has 1 unspecified atom stereocenters. The summed E-state index contributed by atoms with van der Waals surface area (Å²) in [6.45, 7) is 1.79. The van der Waals surface area contributed by atoms with E-state index in [0.29, 0.717) is 0 Å². The summed E-state index contributed by atoms with van der Waals surface area (Å²) >= 11 is 4.88. The van der Waals surface area contributed by atoms with Gasteiger partial charge in [0.2, 0.25) is 0 Å². The molecular weight excluding hydrogens is 290 g/mol. The highest BCUT2D eigenvalue weighted by Crippen LogP contribution is 2.31. The standard InChI is InChI=1S/C11H14BrNO2S/c12-8-6-9(16-7-8)10(11(14)15)13-4-2-1-3-5-13/h6-7,10H,1-5H2,(H,14,15). The summed E-state index contributed by atoms with van der Waals surface area (Å²) in [5.41, 5.74) is 0.